The molecule has 0 unspecified atom stereocenters. The summed E-state index contributed by atoms with van der Waals surface area (Å²) in [6.45, 7) is 0. The smallest absolute Gasteiger partial charge is 0.0461 e. The van der Waals surface area contributed by atoms with E-state index in [9.17, 15) is 0 Å². The zero-order valence-corrected chi connectivity index (χ0v) is 22.4. The molecule has 1 N–H and O–H groups in total. The van der Waals surface area contributed by atoms with Crippen LogP contribution in [0.15, 0.2) is 145 Å². The third-order valence-electron chi connectivity index (χ3n) is 7.24. The highest BCUT2D eigenvalue weighted by Crippen LogP contribution is 2.42. The first-order valence-corrected chi connectivity index (χ1v) is 14.2. The van der Waals surface area contributed by atoms with E-state index in [1.54, 1.807) is 0 Å². The third kappa shape index (κ3) is 4.62. The second kappa shape index (κ2) is 10.3. The molecule has 0 saturated carbocycles. The molecule has 0 amide bonds. The van der Waals surface area contributed by atoms with Gasteiger partial charge in [-0.1, -0.05) is 78.9 Å². The fourth-order valence-corrected chi connectivity index (χ4v) is 6.59. The molecule has 1 aliphatic carbocycles. The van der Waals surface area contributed by atoms with E-state index in [1.165, 1.54) is 48.4 Å². The summed E-state index contributed by atoms with van der Waals surface area (Å²) in [5, 5.41) is 6.14. The Kier molecular flexibility index (Phi) is 6.20. The Bertz CT molecular complexity index is 1810. The van der Waals surface area contributed by atoms with Crippen molar-refractivity contribution in [1.29, 1.82) is 0 Å². The molecule has 39 heavy (non-hydrogen) atoms. The topological polar surface area (TPSA) is 15.3 Å². The third-order valence-corrected chi connectivity index (χ3v) is 8.46. The fraction of sp³-hybridized carbons (Fsp3) is 0.0556. The first kappa shape index (κ1) is 23.5. The highest BCUT2D eigenvalue weighted by Gasteiger charge is 2.15. The molecule has 2 nitrogen and oxygen atoms in total. The Labute approximate surface area is 233 Å². The van der Waals surface area contributed by atoms with E-state index < -0.39 is 0 Å². The van der Waals surface area contributed by atoms with Crippen molar-refractivity contribution >= 4 is 54.3 Å². The Morgan fingerprint density at radius 3 is 2.15 bits per heavy atom. The maximum Gasteiger partial charge on any atom is 0.0461 e. The molecule has 0 radical (unpaired) electrons. The number of anilines is 4. The first-order chi connectivity index (χ1) is 19.3. The van der Waals surface area contributed by atoms with Gasteiger partial charge in [-0.2, -0.15) is 0 Å². The zero-order chi connectivity index (χ0) is 26.0. The van der Waals surface area contributed by atoms with Crippen molar-refractivity contribution in [3.05, 3.63) is 145 Å². The van der Waals surface area contributed by atoms with Crippen LogP contribution in [0.5, 0.6) is 0 Å². The number of hydrogen-bond acceptors (Lipinski definition) is 3. The Hall–Kier alpha value is -4.60. The van der Waals surface area contributed by atoms with E-state index in [4.69, 9.17) is 0 Å². The molecule has 7 rings (SSSR count). The lowest BCUT2D eigenvalue weighted by Gasteiger charge is -2.27. The predicted octanol–water partition coefficient (Wildman–Crippen LogP) is 10.8. The summed E-state index contributed by atoms with van der Waals surface area (Å²) in [4.78, 5) is 2.35. The fourth-order valence-electron chi connectivity index (χ4n) is 5.37. The van der Waals surface area contributed by atoms with Gasteiger partial charge in [0.25, 0.3) is 0 Å². The standard InChI is InChI=1S/C36H28N2S/c1-4-11-27(12-5-1)37-28-21-24-35-34(25-28)33-18-10-17-32(36(33)39-35)26-19-22-31(23-20-26)38(29-13-6-2-7-14-29)30-15-8-3-9-16-30/h1-2,4-8,10-25,37H,3,9H2. The molecule has 3 heteroatoms. The largest absolute Gasteiger partial charge is 0.356 e. The first-order valence-electron chi connectivity index (χ1n) is 13.4. The molecule has 0 spiro atoms. The number of rotatable bonds is 6. The number of benzene rings is 5. The molecule has 6 aromatic rings. The van der Waals surface area contributed by atoms with Gasteiger partial charge in [0.1, 0.15) is 0 Å². The van der Waals surface area contributed by atoms with Crippen molar-refractivity contribution in [2.24, 2.45) is 0 Å². The van der Waals surface area contributed by atoms with Gasteiger partial charge in [-0.3, -0.25) is 0 Å². The number of para-hydroxylation sites is 2. The van der Waals surface area contributed by atoms with Crippen molar-refractivity contribution < 1.29 is 0 Å². The predicted molar refractivity (Wildman–Crippen MR) is 170 cm³/mol. The van der Waals surface area contributed by atoms with E-state index in [0.29, 0.717) is 0 Å². The molecule has 0 atom stereocenters. The highest BCUT2D eigenvalue weighted by atomic mass is 32.1. The molecule has 0 fully saturated rings. The number of allylic oxidation sites excluding steroid dienone is 3. The molecule has 5 aromatic carbocycles. The lowest BCUT2D eigenvalue weighted by molar-refractivity contribution is 0.997. The molecule has 1 aromatic heterocycles. The minimum absolute atomic E-state index is 1.07. The highest BCUT2D eigenvalue weighted by molar-refractivity contribution is 7.26. The van der Waals surface area contributed by atoms with E-state index in [-0.39, 0.29) is 0 Å². The number of hydrogen-bond donors (Lipinski definition) is 1. The molecule has 1 heterocycles. The van der Waals surface area contributed by atoms with Crippen LogP contribution in [0.3, 0.4) is 0 Å². The van der Waals surface area contributed by atoms with Crippen LogP contribution in [0, 0.1) is 0 Å². The van der Waals surface area contributed by atoms with Gasteiger partial charge in [-0.15, -0.1) is 11.3 Å². The SMILES string of the molecule is C1=CC(N(c2ccccc2)c2ccc(-c3cccc4c3sc3ccc(Nc5ccccc5)cc34)cc2)=CCC1. The summed E-state index contributed by atoms with van der Waals surface area (Å²) in [7, 11) is 0. The van der Waals surface area contributed by atoms with Gasteiger partial charge in [0, 0.05) is 48.6 Å². The van der Waals surface area contributed by atoms with Crippen LogP contribution in [-0.4, -0.2) is 0 Å². The average Bonchev–Trinajstić information content (AvgIpc) is 3.38. The second-order valence-corrected chi connectivity index (χ2v) is 10.9. The van der Waals surface area contributed by atoms with Crippen LogP contribution < -0.4 is 10.2 Å². The Morgan fingerprint density at radius 2 is 1.38 bits per heavy atom. The zero-order valence-electron chi connectivity index (χ0n) is 21.5. The lowest BCUT2D eigenvalue weighted by Crippen LogP contribution is -2.16. The number of fused-ring (bicyclic) bond motifs is 3. The van der Waals surface area contributed by atoms with E-state index in [1.807, 2.05) is 17.4 Å². The van der Waals surface area contributed by atoms with Crippen LogP contribution in [0.1, 0.15) is 12.8 Å². The summed E-state index contributed by atoms with van der Waals surface area (Å²) >= 11 is 1.87. The summed E-state index contributed by atoms with van der Waals surface area (Å²) in [5.41, 5.74) is 8.29. The number of nitrogens with zero attached hydrogens (tertiary/aromatic N) is 1. The van der Waals surface area contributed by atoms with Crippen molar-refractivity contribution in [1.82, 2.24) is 0 Å². The van der Waals surface area contributed by atoms with Gasteiger partial charge in [0.05, 0.1) is 0 Å². The average molecular weight is 521 g/mol. The molecule has 1 aliphatic rings. The van der Waals surface area contributed by atoms with Gasteiger partial charge >= 0.3 is 0 Å². The molecule has 0 aliphatic heterocycles. The van der Waals surface area contributed by atoms with Gasteiger partial charge in [0.2, 0.25) is 0 Å². The summed E-state index contributed by atoms with van der Waals surface area (Å²) in [6.07, 6.45) is 9.02. The summed E-state index contributed by atoms with van der Waals surface area (Å²) in [6, 6.07) is 43.4. The number of thiophene rings is 1. The maximum atomic E-state index is 3.54. The van der Waals surface area contributed by atoms with Crippen molar-refractivity contribution in [2.45, 2.75) is 12.8 Å². The second-order valence-electron chi connectivity index (χ2n) is 9.81. The van der Waals surface area contributed by atoms with E-state index >= 15 is 0 Å². The van der Waals surface area contributed by atoms with Gasteiger partial charge in [-0.05, 0) is 84.6 Å². The molecular formula is C36H28N2S. The van der Waals surface area contributed by atoms with E-state index in [0.717, 1.165) is 24.2 Å². The molecular weight excluding hydrogens is 492 g/mol. The van der Waals surface area contributed by atoms with Crippen molar-refractivity contribution in [3.8, 4) is 11.1 Å². The number of nitrogens with one attached hydrogen (secondary N) is 1. The minimum atomic E-state index is 1.07. The molecule has 0 saturated heterocycles. The van der Waals surface area contributed by atoms with Crippen molar-refractivity contribution in [3.63, 3.8) is 0 Å². The summed E-state index contributed by atoms with van der Waals surface area (Å²) in [5.74, 6) is 0. The lowest BCUT2D eigenvalue weighted by atomic mass is 10.0. The Balaban J connectivity index is 1.26. The van der Waals surface area contributed by atoms with Crippen LogP contribution >= 0.6 is 11.3 Å². The molecule has 188 valence electrons. The van der Waals surface area contributed by atoms with Crippen LogP contribution in [0.2, 0.25) is 0 Å². The van der Waals surface area contributed by atoms with Crippen LogP contribution in [0.4, 0.5) is 22.7 Å². The minimum Gasteiger partial charge on any atom is -0.356 e. The molecule has 0 bridgehead atoms. The van der Waals surface area contributed by atoms with E-state index in [2.05, 4.69) is 144 Å². The van der Waals surface area contributed by atoms with Gasteiger partial charge in [0.15, 0.2) is 0 Å². The summed E-state index contributed by atoms with van der Waals surface area (Å²) < 4.78 is 2.63. The monoisotopic (exact) mass is 520 g/mol. The van der Waals surface area contributed by atoms with Crippen LogP contribution in [0.25, 0.3) is 31.3 Å². The normalized spacial score (nSPS) is 13.0. The van der Waals surface area contributed by atoms with Crippen molar-refractivity contribution in [2.75, 3.05) is 10.2 Å². The maximum absolute atomic E-state index is 3.54. The quantitative estimate of drug-likeness (QED) is 0.235. The Morgan fingerprint density at radius 1 is 0.615 bits per heavy atom. The van der Waals surface area contributed by atoms with Gasteiger partial charge < -0.3 is 10.2 Å². The van der Waals surface area contributed by atoms with Gasteiger partial charge in [-0.25, -0.2) is 0 Å². The van der Waals surface area contributed by atoms with Crippen LogP contribution in [-0.2, 0) is 0 Å².